The van der Waals surface area contributed by atoms with E-state index in [2.05, 4.69) is 41.1 Å². The molecule has 0 spiro atoms. The topological polar surface area (TPSA) is 44.8 Å². The number of hydrogen-bond acceptors (Lipinski definition) is 4. The minimum atomic E-state index is 0.0775. The molecule has 1 fully saturated rings. The Morgan fingerprint density at radius 2 is 2.04 bits per heavy atom. The zero-order valence-electron chi connectivity index (χ0n) is 14.7. The van der Waals surface area contributed by atoms with E-state index in [0.717, 1.165) is 6.54 Å². The molecule has 1 aromatic rings. The monoisotopic (exact) mass is 319 g/mol. The number of nitrogens with zero attached hydrogens (tertiary/aromatic N) is 2. The quantitative estimate of drug-likeness (QED) is 0.863. The average Bonchev–Trinajstić information content (AvgIpc) is 2.53. The molecule has 23 heavy (non-hydrogen) atoms. The van der Waals surface area contributed by atoms with Crippen LogP contribution in [0.4, 0.5) is 0 Å². The van der Waals surface area contributed by atoms with E-state index in [1.165, 1.54) is 5.56 Å². The van der Waals surface area contributed by atoms with Crippen LogP contribution in [0.5, 0.6) is 0 Å². The van der Waals surface area contributed by atoms with Crippen LogP contribution in [0.2, 0.25) is 0 Å². The summed E-state index contributed by atoms with van der Waals surface area (Å²) in [5.74, 6) is 0.0775. The largest absolute Gasteiger partial charge is 0.376 e. The molecule has 1 aromatic carbocycles. The number of rotatable bonds is 6. The molecular weight excluding hydrogens is 290 g/mol. The summed E-state index contributed by atoms with van der Waals surface area (Å²) in [4.78, 5) is 16.6. The van der Waals surface area contributed by atoms with Gasteiger partial charge < -0.3 is 15.0 Å². The van der Waals surface area contributed by atoms with Gasteiger partial charge in [0.05, 0.1) is 25.3 Å². The Morgan fingerprint density at radius 3 is 2.70 bits per heavy atom. The van der Waals surface area contributed by atoms with Crippen LogP contribution >= 0.6 is 0 Å². The summed E-state index contributed by atoms with van der Waals surface area (Å²) in [6, 6.07) is 10.7. The molecule has 5 nitrogen and oxygen atoms in total. The van der Waals surface area contributed by atoms with Gasteiger partial charge >= 0.3 is 0 Å². The Morgan fingerprint density at radius 1 is 1.35 bits per heavy atom. The van der Waals surface area contributed by atoms with Crippen molar-refractivity contribution < 1.29 is 9.53 Å². The van der Waals surface area contributed by atoms with Crippen LogP contribution < -0.4 is 5.32 Å². The number of benzene rings is 1. The summed E-state index contributed by atoms with van der Waals surface area (Å²) in [5, 5.41) is 3.08. The highest BCUT2D eigenvalue weighted by atomic mass is 16.5. The van der Waals surface area contributed by atoms with E-state index >= 15 is 0 Å². The number of amides is 1. The third-order valence-corrected chi connectivity index (χ3v) is 4.66. The van der Waals surface area contributed by atoms with E-state index in [1.54, 1.807) is 0 Å². The fourth-order valence-corrected chi connectivity index (χ4v) is 2.94. The molecule has 1 saturated heterocycles. The van der Waals surface area contributed by atoms with Crippen molar-refractivity contribution in [3.63, 3.8) is 0 Å². The lowest BCUT2D eigenvalue weighted by atomic mass is 10.1. The Bertz CT molecular complexity index is 492. The maximum atomic E-state index is 12.3. The molecule has 0 unspecified atom stereocenters. The van der Waals surface area contributed by atoms with Crippen LogP contribution in [0, 0.1) is 0 Å². The van der Waals surface area contributed by atoms with Crippen LogP contribution in [0.25, 0.3) is 0 Å². The summed E-state index contributed by atoms with van der Waals surface area (Å²) >= 11 is 0. The first-order chi connectivity index (χ1) is 11.0. The molecule has 1 heterocycles. The third-order valence-electron chi connectivity index (χ3n) is 4.66. The van der Waals surface area contributed by atoms with E-state index in [4.69, 9.17) is 4.74 Å². The lowest BCUT2D eigenvalue weighted by Gasteiger charge is -2.37. The first kappa shape index (κ1) is 17.9. The van der Waals surface area contributed by atoms with Crippen molar-refractivity contribution in [2.24, 2.45) is 0 Å². The smallest absolute Gasteiger partial charge is 0.234 e. The second kappa shape index (κ2) is 8.43. The van der Waals surface area contributed by atoms with Gasteiger partial charge in [-0.2, -0.15) is 0 Å². The van der Waals surface area contributed by atoms with Gasteiger partial charge in [-0.1, -0.05) is 30.3 Å². The normalized spacial score (nSPS) is 23.7. The molecule has 0 aliphatic carbocycles. The van der Waals surface area contributed by atoms with Gasteiger partial charge in [0.1, 0.15) is 0 Å². The standard InChI is InChI=1S/C18H29N3O2/c1-14-15(2)23-11-10-21(14)13-18(22)19-12-17(20(3)4)16-8-6-5-7-9-16/h5-9,14-15,17H,10-13H2,1-4H3,(H,19,22)/t14-,15+,17+/m1/s1. The van der Waals surface area contributed by atoms with Crippen molar-refractivity contribution in [1.82, 2.24) is 15.1 Å². The van der Waals surface area contributed by atoms with Crippen LogP contribution in [0.15, 0.2) is 30.3 Å². The molecule has 0 radical (unpaired) electrons. The first-order valence-corrected chi connectivity index (χ1v) is 8.32. The van der Waals surface area contributed by atoms with Crippen LogP contribution in [0.3, 0.4) is 0 Å². The zero-order chi connectivity index (χ0) is 16.8. The Balaban J connectivity index is 1.87. The second-order valence-electron chi connectivity index (χ2n) is 6.48. The van der Waals surface area contributed by atoms with E-state index in [-0.39, 0.29) is 24.1 Å². The molecule has 0 bridgehead atoms. The van der Waals surface area contributed by atoms with Gasteiger partial charge in [-0.15, -0.1) is 0 Å². The van der Waals surface area contributed by atoms with Gasteiger partial charge in [0.25, 0.3) is 0 Å². The molecule has 5 heteroatoms. The van der Waals surface area contributed by atoms with Gasteiger partial charge in [0.15, 0.2) is 0 Å². The van der Waals surface area contributed by atoms with E-state index in [0.29, 0.717) is 19.7 Å². The summed E-state index contributed by atoms with van der Waals surface area (Å²) in [6.45, 7) is 6.74. The number of ether oxygens (including phenoxy) is 1. The number of nitrogens with one attached hydrogen (secondary N) is 1. The molecule has 1 N–H and O–H groups in total. The summed E-state index contributed by atoms with van der Waals surface area (Å²) in [5.41, 5.74) is 1.21. The summed E-state index contributed by atoms with van der Waals surface area (Å²) in [6.07, 6.45) is 0.176. The van der Waals surface area contributed by atoms with Crippen molar-refractivity contribution in [2.75, 3.05) is 40.3 Å². The van der Waals surface area contributed by atoms with Gasteiger partial charge in [0.2, 0.25) is 5.91 Å². The lowest BCUT2D eigenvalue weighted by Crippen LogP contribution is -2.52. The van der Waals surface area contributed by atoms with Crippen LogP contribution in [-0.2, 0) is 9.53 Å². The molecule has 1 amide bonds. The number of likely N-dealkylation sites (N-methyl/N-ethyl adjacent to an activating group) is 1. The Kier molecular flexibility index (Phi) is 6.57. The van der Waals surface area contributed by atoms with E-state index in [1.807, 2.05) is 32.3 Å². The molecule has 0 saturated carbocycles. The fraction of sp³-hybridized carbons (Fsp3) is 0.611. The number of carbonyl (C=O) groups excluding carboxylic acids is 1. The van der Waals surface area contributed by atoms with Crippen molar-refractivity contribution >= 4 is 5.91 Å². The lowest BCUT2D eigenvalue weighted by molar-refractivity contribution is -0.126. The predicted octanol–water partition coefficient (Wildman–Crippen LogP) is 1.51. The Hall–Kier alpha value is -1.43. The minimum Gasteiger partial charge on any atom is -0.376 e. The summed E-state index contributed by atoms with van der Waals surface area (Å²) in [7, 11) is 4.07. The highest BCUT2D eigenvalue weighted by Gasteiger charge is 2.27. The SMILES string of the molecule is C[C@@H]1OCCN(CC(=O)NC[C@@H](c2ccccc2)N(C)C)[C@@H]1C. The number of morpholine rings is 1. The number of carbonyl (C=O) groups is 1. The maximum Gasteiger partial charge on any atom is 0.234 e. The molecule has 1 aliphatic rings. The minimum absolute atomic E-state index is 0.0775. The van der Waals surface area contributed by atoms with Gasteiger partial charge in [-0.25, -0.2) is 0 Å². The zero-order valence-corrected chi connectivity index (χ0v) is 14.7. The van der Waals surface area contributed by atoms with Crippen molar-refractivity contribution in [1.29, 1.82) is 0 Å². The third kappa shape index (κ3) is 5.03. The number of hydrogen-bond donors (Lipinski definition) is 1. The molecule has 2 rings (SSSR count). The van der Waals surface area contributed by atoms with Gasteiger partial charge in [-0.05, 0) is 33.5 Å². The van der Waals surface area contributed by atoms with Gasteiger partial charge in [0, 0.05) is 19.1 Å². The van der Waals surface area contributed by atoms with Gasteiger partial charge in [-0.3, -0.25) is 9.69 Å². The van der Waals surface area contributed by atoms with E-state index < -0.39 is 0 Å². The molecule has 1 aliphatic heterocycles. The van der Waals surface area contributed by atoms with Crippen molar-refractivity contribution in [3.8, 4) is 0 Å². The van der Waals surface area contributed by atoms with Crippen LogP contribution in [-0.4, -0.2) is 68.2 Å². The first-order valence-electron chi connectivity index (χ1n) is 8.32. The molecule has 128 valence electrons. The van der Waals surface area contributed by atoms with Crippen molar-refractivity contribution in [3.05, 3.63) is 35.9 Å². The molecular formula is C18H29N3O2. The predicted molar refractivity (Wildman–Crippen MR) is 92.3 cm³/mol. The average molecular weight is 319 g/mol. The maximum absolute atomic E-state index is 12.3. The highest BCUT2D eigenvalue weighted by molar-refractivity contribution is 5.78. The Labute approximate surface area is 139 Å². The van der Waals surface area contributed by atoms with Crippen LogP contribution in [0.1, 0.15) is 25.5 Å². The second-order valence-corrected chi connectivity index (χ2v) is 6.48. The van der Waals surface area contributed by atoms with Crippen molar-refractivity contribution in [2.45, 2.75) is 32.0 Å². The molecule has 3 atom stereocenters. The fourth-order valence-electron chi connectivity index (χ4n) is 2.94. The highest BCUT2D eigenvalue weighted by Crippen LogP contribution is 2.17. The summed E-state index contributed by atoms with van der Waals surface area (Å²) < 4.78 is 5.61. The van der Waals surface area contributed by atoms with E-state index in [9.17, 15) is 4.79 Å². The molecule has 0 aromatic heterocycles.